The van der Waals surface area contributed by atoms with Gasteiger partial charge in [-0.1, -0.05) is 12.1 Å². The Kier molecular flexibility index (Phi) is 6.88. The highest BCUT2D eigenvalue weighted by Gasteiger charge is 2.38. The summed E-state index contributed by atoms with van der Waals surface area (Å²) in [5, 5.41) is 9.11. The van der Waals surface area contributed by atoms with Crippen LogP contribution in [0.25, 0.3) is 11.1 Å². The molecule has 0 aliphatic rings. The zero-order valence-corrected chi connectivity index (χ0v) is 13.4. The van der Waals surface area contributed by atoms with E-state index in [0.29, 0.717) is 12.1 Å². The summed E-state index contributed by atoms with van der Waals surface area (Å²) in [5.41, 5.74) is 13.6. The molecule has 2 rings (SSSR count). The van der Waals surface area contributed by atoms with E-state index in [1.165, 1.54) is 6.07 Å². The number of benzene rings is 1. The fourth-order valence-corrected chi connectivity index (χ4v) is 2.49. The summed E-state index contributed by atoms with van der Waals surface area (Å²) in [6.45, 7) is 2.29. The molecular formula is C15H16F4N2O2S. The molecule has 0 fully saturated rings. The van der Waals surface area contributed by atoms with Gasteiger partial charge in [0.25, 0.3) is 0 Å². The van der Waals surface area contributed by atoms with Crippen molar-refractivity contribution in [3.8, 4) is 11.1 Å². The molecule has 1 aromatic carbocycles. The molecule has 0 bridgehead atoms. The lowest BCUT2D eigenvalue weighted by atomic mass is 10.0. The molecule has 9 heteroatoms. The molecular weight excluding hydrogens is 348 g/mol. The van der Waals surface area contributed by atoms with Crippen molar-refractivity contribution in [2.24, 2.45) is 11.5 Å². The summed E-state index contributed by atoms with van der Waals surface area (Å²) in [5.74, 6) is -3.01. The second-order valence-corrected chi connectivity index (χ2v) is 5.83. The van der Waals surface area contributed by atoms with Gasteiger partial charge < -0.3 is 16.6 Å². The summed E-state index contributed by atoms with van der Waals surface area (Å²) in [6.07, 6.45) is -5.08. The summed E-state index contributed by atoms with van der Waals surface area (Å²) in [6, 6.07) is 6.87. The van der Waals surface area contributed by atoms with Crippen LogP contribution in [0.1, 0.15) is 23.4 Å². The van der Waals surface area contributed by atoms with Crippen molar-refractivity contribution >= 4 is 17.3 Å². The number of thiophene rings is 1. The van der Waals surface area contributed by atoms with Gasteiger partial charge in [0.05, 0.1) is 0 Å². The van der Waals surface area contributed by atoms with Crippen LogP contribution in [0, 0.1) is 5.82 Å². The van der Waals surface area contributed by atoms with Crippen LogP contribution in [-0.4, -0.2) is 17.3 Å². The average molecular weight is 364 g/mol. The third-order valence-electron chi connectivity index (χ3n) is 2.92. The van der Waals surface area contributed by atoms with Crippen molar-refractivity contribution in [1.29, 1.82) is 0 Å². The normalized spacial score (nSPS) is 12.3. The summed E-state index contributed by atoms with van der Waals surface area (Å²) < 4.78 is 45.5. The van der Waals surface area contributed by atoms with E-state index in [0.717, 1.165) is 16.0 Å². The van der Waals surface area contributed by atoms with Crippen molar-refractivity contribution in [2.45, 2.75) is 25.7 Å². The third kappa shape index (κ3) is 5.59. The molecule has 4 nitrogen and oxygen atoms in total. The quantitative estimate of drug-likeness (QED) is 0.725. The zero-order valence-electron chi connectivity index (χ0n) is 12.6. The number of halogens is 4. The summed E-state index contributed by atoms with van der Waals surface area (Å²) in [4.78, 5) is 9.99. The first-order valence-corrected chi connectivity index (χ1v) is 7.57. The van der Waals surface area contributed by atoms with Crippen LogP contribution in [0.4, 0.5) is 17.6 Å². The van der Waals surface area contributed by atoms with Crippen LogP contribution in [0.2, 0.25) is 0 Å². The molecule has 24 heavy (non-hydrogen) atoms. The van der Waals surface area contributed by atoms with Gasteiger partial charge in [-0.15, -0.1) is 11.3 Å². The van der Waals surface area contributed by atoms with Crippen LogP contribution in [0.15, 0.2) is 29.6 Å². The molecule has 0 aliphatic carbocycles. The maximum atomic E-state index is 13.8. The number of carbonyl (C=O) groups is 1. The minimum Gasteiger partial charge on any atom is -0.475 e. The SMILES string of the molecule is CC(N)c1ccc(-c2csc(CN)c2)cc1F.O=C(O)C(F)(F)F. The largest absolute Gasteiger partial charge is 0.490 e. The van der Waals surface area contributed by atoms with E-state index in [9.17, 15) is 17.6 Å². The van der Waals surface area contributed by atoms with Gasteiger partial charge >= 0.3 is 12.1 Å². The number of aliphatic carboxylic acids is 1. The Labute approximate surface area is 139 Å². The van der Waals surface area contributed by atoms with Crippen LogP contribution in [0.5, 0.6) is 0 Å². The van der Waals surface area contributed by atoms with Crippen LogP contribution in [-0.2, 0) is 11.3 Å². The van der Waals surface area contributed by atoms with E-state index >= 15 is 0 Å². The van der Waals surface area contributed by atoms with Crippen molar-refractivity contribution in [3.63, 3.8) is 0 Å². The molecule has 1 unspecified atom stereocenters. The van der Waals surface area contributed by atoms with Gasteiger partial charge in [0.15, 0.2) is 0 Å². The molecule has 1 atom stereocenters. The molecule has 0 aliphatic heterocycles. The average Bonchev–Trinajstić information content (AvgIpc) is 2.95. The lowest BCUT2D eigenvalue weighted by molar-refractivity contribution is -0.192. The van der Waals surface area contributed by atoms with Crippen molar-refractivity contribution in [1.82, 2.24) is 0 Å². The van der Waals surface area contributed by atoms with E-state index in [-0.39, 0.29) is 11.9 Å². The van der Waals surface area contributed by atoms with Gasteiger partial charge in [-0.2, -0.15) is 13.2 Å². The fraction of sp³-hybridized carbons (Fsp3) is 0.267. The molecule has 0 radical (unpaired) electrons. The first-order valence-electron chi connectivity index (χ1n) is 6.69. The van der Waals surface area contributed by atoms with Crippen molar-refractivity contribution in [3.05, 3.63) is 45.9 Å². The van der Waals surface area contributed by atoms with E-state index in [1.54, 1.807) is 24.3 Å². The van der Waals surface area contributed by atoms with Crippen LogP contribution < -0.4 is 11.5 Å². The molecule has 2 aromatic rings. The number of hydrogen-bond acceptors (Lipinski definition) is 4. The summed E-state index contributed by atoms with van der Waals surface area (Å²) >= 11 is 1.59. The fourth-order valence-electron chi connectivity index (χ4n) is 1.72. The molecule has 5 N–H and O–H groups in total. The monoisotopic (exact) mass is 364 g/mol. The number of carboxylic acid groups (broad SMARTS) is 1. The molecule has 0 saturated carbocycles. The first kappa shape index (κ1) is 20.1. The Morgan fingerprint density at radius 1 is 1.29 bits per heavy atom. The Hall–Kier alpha value is -1.97. The van der Waals surface area contributed by atoms with E-state index < -0.39 is 12.1 Å². The highest BCUT2D eigenvalue weighted by Crippen LogP contribution is 2.28. The molecule has 0 amide bonds. The van der Waals surface area contributed by atoms with Crippen LogP contribution in [0.3, 0.4) is 0 Å². The Morgan fingerprint density at radius 3 is 2.25 bits per heavy atom. The van der Waals surface area contributed by atoms with Gasteiger partial charge in [-0.3, -0.25) is 0 Å². The first-order chi connectivity index (χ1) is 11.1. The molecule has 0 spiro atoms. The highest BCUT2D eigenvalue weighted by atomic mass is 32.1. The van der Waals surface area contributed by atoms with E-state index in [4.69, 9.17) is 21.4 Å². The Morgan fingerprint density at radius 2 is 1.88 bits per heavy atom. The lowest BCUT2D eigenvalue weighted by Crippen LogP contribution is -2.21. The molecule has 0 saturated heterocycles. The second kappa shape index (κ2) is 8.22. The second-order valence-electron chi connectivity index (χ2n) is 4.83. The zero-order chi connectivity index (χ0) is 18.5. The maximum absolute atomic E-state index is 13.8. The lowest BCUT2D eigenvalue weighted by Gasteiger charge is -2.08. The molecule has 1 heterocycles. The maximum Gasteiger partial charge on any atom is 0.490 e. The van der Waals surface area contributed by atoms with Gasteiger partial charge in [-0.05, 0) is 35.6 Å². The van der Waals surface area contributed by atoms with Crippen molar-refractivity contribution in [2.75, 3.05) is 0 Å². The Bertz CT molecular complexity index is 699. The van der Waals surface area contributed by atoms with Crippen LogP contribution >= 0.6 is 11.3 Å². The summed E-state index contributed by atoms with van der Waals surface area (Å²) in [7, 11) is 0. The van der Waals surface area contributed by atoms with Gasteiger partial charge in [-0.25, -0.2) is 9.18 Å². The predicted octanol–water partition coefficient (Wildman–Crippen LogP) is 3.67. The smallest absolute Gasteiger partial charge is 0.475 e. The minimum atomic E-state index is -5.08. The standard InChI is InChI=1S/C13H15FN2S.C2HF3O2/c1-8(16)12-3-2-9(5-13(12)14)10-4-11(6-15)17-7-10;3-2(4,5)1(6)7/h2-5,7-8H,6,15-16H2,1H3;(H,6,7). The minimum absolute atomic E-state index is 0.252. The number of rotatable bonds is 3. The number of nitrogens with two attached hydrogens (primary N) is 2. The Balaban J connectivity index is 0.000000351. The number of carboxylic acids is 1. The van der Waals surface area contributed by atoms with E-state index in [2.05, 4.69) is 0 Å². The molecule has 1 aromatic heterocycles. The molecule has 132 valence electrons. The van der Waals surface area contributed by atoms with Gasteiger partial charge in [0.1, 0.15) is 5.82 Å². The van der Waals surface area contributed by atoms with Crippen molar-refractivity contribution < 1.29 is 27.5 Å². The number of alkyl halides is 3. The topological polar surface area (TPSA) is 89.3 Å². The van der Waals surface area contributed by atoms with Gasteiger partial charge in [0.2, 0.25) is 0 Å². The predicted molar refractivity (Wildman–Crippen MR) is 83.9 cm³/mol. The van der Waals surface area contributed by atoms with E-state index in [1.807, 2.05) is 17.5 Å². The number of hydrogen-bond donors (Lipinski definition) is 3. The third-order valence-corrected chi connectivity index (χ3v) is 3.88. The highest BCUT2D eigenvalue weighted by molar-refractivity contribution is 7.10. The van der Waals surface area contributed by atoms with Gasteiger partial charge in [0, 0.05) is 23.0 Å².